The lowest BCUT2D eigenvalue weighted by Gasteiger charge is -2.12. The number of hydrogen-bond donors (Lipinski definition) is 3. The van der Waals surface area contributed by atoms with E-state index in [9.17, 15) is 22.0 Å². The first kappa shape index (κ1) is 14.9. The molecule has 5 nitrogen and oxygen atoms in total. The van der Waals surface area contributed by atoms with Crippen LogP contribution in [0.5, 0.6) is 0 Å². The molecule has 0 aliphatic heterocycles. The summed E-state index contributed by atoms with van der Waals surface area (Å²) in [5.74, 6) is 0.706. The number of para-hydroxylation sites is 1. The van der Waals surface area contributed by atoms with Crippen LogP contribution in [-0.4, -0.2) is 9.97 Å². The Balaban J connectivity index is 2.45. The molecular weight excluding hydrogens is 297 g/mol. The van der Waals surface area contributed by atoms with Crippen molar-refractivity contribution in [3.05, 3.63) is 41.7 Å². The molecule has 1 aromatic heterocycles. The average Bonchev–Trinajstić information content (AvgIpc) is 2.42. The van der Waals surface area contributed by atoms with Gasteiger partial charge in [-0.05, 0) is 12.1 Å². The number of hydrazine groups is 1. The van der Waals surface area contributed by atoms with Crippen molar-refractivity contribution in [2.24, 2.45) is 5.84 Å². The molecule has 1 heterocycles. The summed E-state index contributed by atoms with van der Waals surface area (Å²) in [6.45, 7) is 0. The number of halogens is 5. The fraction of sp³-hybridized carbons (Fsp3) is 0.0909. The Hall–Kier alpha value is -2.49. The number of alkyl halides is 3. The first-order valence-corrected chi connectivity index (χ1v) is 5.45. The highest BCUT2D eigenvalue weighted by Crippen LogP contribution is 2.29. The van der Waals surface area contributed by atoms with Crippen LogP contribution in [0.3, 0.4) is 0 Å². The van der Waals surface area contributed by atoms with Gasteiger partial charge in [0.25, 0.3) is 0 Å². The number of nitrogens with two attached hydrogens (primary N) is 1. The summed E-state index contributed by atoms with van der Waals surface area (Å²) in [5.41, 5.74) is 1.28. The maximum atomic E-state index is 13.4. The van der Waals surface area contributed by atoms with E-state index in [4.69, 9.17) is 5.84 Å². The zero-order valence-corrected chi connectivity index (χ0v) is 10.2. The summed E-state index contributed by atoms with van der Waals surface area (Å²) in [4.78, 5) is 6.26. The molecule has 2 aromatic rings. The normalized spacial score (nSPS) is 11.3. The van der Waals surface area contributed by atoms with E-state index in [2.05, 4.69) is 15.3 Å². The smallest absolute Gasteiger partial charge is 0.335 e. The summed E-state index contributed by atoms with van der Waals surface area (Å²) in [5, 5.41) is 2.13. The molecule has 0 saturated heterocycles. The predicted molar refractivity (Wildman–Crippen MR) is 64.5 cm³/mol. The molecule has 21 heavy (non-hydrogen) atoms. The highest BCUT2D eigenvalue weighted by molar-refractivity contribution is 5.60. The van der Waals surface area contributed by atoms with Crippen LogP contribution in [-0.2, 0) is 6.18 Å². The van der Waals surface area contributed by atoms with Gasteiger partial charge in [-0.2, -0.15) is 13.2 Å². The highest BCUT2D eigenvalue weighted by Gasteiger charge is 2.35. The Morgan fingerprint density at radius 3 is 2.10 bits per heavy atom. The molecule has 0 aliphatic carbocycles. The Kier molecular flexibility index (Phi) is 3.89. The fourth-order valence-corrected chi connectivity index (χ4v) is 1.46. The Labute approximate surface area is 115 Å². The number of rotatable bonds is 3. The maximum Gasteiger partial charge on any atom is 0.451 e. The first-order chi connectivity index (χ1) is 9.81. The van der Waals surface area contributed by atoms with Crippen molar-refractivity contribution >= 4 is 17.3 Å². The van der Waals surface area contributed by atoms with Crippen molar-refractivity contribution in [2.75, 3.05) is 10.7 Å². The highest BCUT2D eigenvalue weighted by atomic mass is 19.4. The van der Waals surface area contributed by atoms with Gasteiger partial charge in [-0.15, -0.1) is 0 Å². The lowest BCUT2D eigenvalue weighted by Crippen LogP contribution is -2.16. The molecule has 1 aromatic carbocycles. The zero-order chi connectivity index (χ0) is 15.6. The number of nitrogens with zero attached hydrogens (tertiary/aromatic N) is 2. The molecule has 112 valence electrons. The number of benzene rings is 1. The van der Waals surface area contributed by atoms with Crippen LogP contribution >= 0.6 is 0 Å². The van der Waals surface area contributed by atoms with E-state index in [1.807, 2.05) is 5.43 Å². The number of hydrogen-bond acceptors (Lipinski definition) is 5. The molecule has 0 spiro atoms. The lowest BCUT2D eigenvalue weighted by atomic mass is 10.3. The molecule has 2 rings (SSSR count). The average molecular weight is 305 g/mol. The molecule has 0 unspecified atom stereocenters. The molecule has 0 radical (unpaired) electrons. The van der Waals surface area contributed by atoms with E-state index in [1.165, 1.54) is 0 Å². The molecule has 0 amide bonds. The summed E-state index contributed by atoms with van der Waals surface area (Å²) in [7, 11) is 0. The standard InChI is InChI=1S/C11H8F5N5/c12-5-2-1-3-6(13)9(5)18-7-4-8(21-17)20-10(19-7)11(14,15)16/h1-4H,17H2,(H2,18,19,20,21). The Morgan fingerprint density at radius 2 is 1.57 bits per heavy atom. The summed E-state index contributed by atoms with van der Waals surface area (Å²) < 4.78 is 64.7. The van der Waals surface area contributed by atoms with E-state index < -0.39 is 35.1 Å². The molecule has 0 atom stereocenters. The van der Waals surface area contributed by atoms with E-state index in [-0.39, 0.29) is 5.82 Å². The Morgan fingerprint density at radius 1 is 1.00 bits per heavy atom. The number of anilines is 3. The first-order valence-electron chi connectivity index (χ1n) is 5.45. The number of nitrogen functional groups attached to an aromatic ring is 1. The number of nitrogens with one attached hydrogen (secondary N) is 2. The van der Waals surface area contributed by atoms with Crippen molar-refractivity contribution in [1.29, 1.82) is 0 Å². The van der Waals surface area contributed by atoms with E-state index in [0.29, 0.717) is 0 Å². The third kappa shape index (κ3) is 3.34. The predicted octanol–water partition coefficient (Wildman–Crippen LogP) is 2.80. The van der Waals surface area contributed by atoms with Crippen LogP contribution < -0.4 is 16.6 Å². The maximum absolute atomic E-state index is 13.4. The van der Waals surface area contributed by atoms with E-state index in [0.717, 1.165) is 24.3 Å². The van der Waals surface area contributed by atoms with Crippen LogP contribution in [0, 0.1) is 11.6 Å². The molecular formula is C11H8F5N5. The van der Waals surface area contributed by atoms with Crippen molar-refractivity contribution in [3.8, 4) is 0 Å². The molecule has 4 N–H and O–H groups in total. The van der Waals surface area contributed by atoms with E-state index >= 15 is 0 Å². The number of aromatic nitrogens is 2. The minimum atomic E-state index is -4.84. The third-order valence-electron chi connectivity index (χ3n) is 2.34. The second kappa shape index (κ2) is 5.48. The molecule has 0 aliphatic rings. The van der Waals surface area contributed by atoms with Gasteiger partial charge in [-0.3, -0.25) is 0 Å². The van der Waals surface area contributed by atoms with Crippen LogP contribution in [0.2, 0.25) is 0 Å². The van der Waals surface area contributed by atoms with Crippen LogP contribution in [0.1, 0.15) is 5.82 Å². The second-order valence-corrected chi connectivity index (χ2v) is 3.83. The minimum absolute atomic E-state index is 0.364. The van der Waals surface area contributed by atoms with Gasteiger partial charge in [0.15, 0.2) is 0 Å². The van der Waals surface area contributed by atoms with Gasteiger partial charge in [0, 0.05) is 6.07 Å². The second-order valence-electron chi connectivity index (χ2n) is 3.83. The summed E-state index contributed by atoms with van der Waals surface area (Å²) >= 11 is 0. The zero-order valence-electron chi connectivity index (χ0n) is 10.2. The van der Waals surface area contributed by atoms with Gasteiger partial charge < -0.3 is 10.7 Å². The quantitative estimate of drug-likeness (QED) is 0.462. The van der Waals surface area contributed by atoms with Gasteiger partial charge in [-0.1, -0.05) is 6.07 Å². The SMILES string of the molecule is NNc1cc(Nc2c(F)cccc2F)nc(C(F)(F)F)n1. The fourth-order valence-electron chi connectivity index (χ4n) is 1.46. The summed E-state index contributed by atoms with van der Waals surface area (Å²) in [6.07, 6.45) is -4.84. The molecule has 0 saturated carbocycles. The van der Waals surface area contributed by atoms with Crippen LogP contribution in [0.25, 0.3) is 0 Å². The topological polar surface area (TPSA) is 75.9 Å². The van der Waals surface area contributed by atoms with Crippen molar-refractivity contribution in [1.82, 2.24) is 9.97 Å². The third-order valence-corrected chi connectivity index (χ3v) is 2.34. The Bertz CT molecular complexity index is 638. The largest absolute Gasteiger partial charge is 0.451 e. The van der Waals surface area contributed by atoms with Crippen LogP contribution in [0.15, 0.2) is 24.3 Å². The van der Waals surface area contributed by atoms with Gasteiger partial charge >= 0.3 is 6.18 Å². The molecule has 0 bridgehead atoms. The van der Waals surface area contributed by atoms with Gasteiger partial charge in [0.1, 0.15) is 29.0 Å². The van der Waals surface area contributed by atoms with E-state index in [1.54, 1.807) is 0 Å². The van der Waals surface area contributed by atoms with Crippen LogP contribution in [0.4, 0.5) is 39.3 Å². The summed E-state index contributed by atoms with van der Waals surface area (Å²) in [6, 6.07) is 3.98. The minimum Gasteiger partial charge on any atom is -0.335 e. The molecule has 0 fully saturated rings. The van der Waals surface area contributed by atoms with Crippen molar-refractivity contribution in [2.45, 2.75) is 6.18 Å². The molecule has 10 heteroatoms. The van der Waals surface area contributed by atoms with Gasteiger partial charge in [0.2, 0.25) is 5.82 Å². The van der Waals surface area contributed by atoms with Gasteiger partial charge in [-0.25, -0.2) is 24.6 Å². The lowest BCUT2D eigenvalue weighted by molar-refractivity contribution is -0.144. The monoisotopic (exact) mass is 305 g/mol. The van der Waals surface area contributed by atoms with Crippen molar-refractivity contribution in [3.63, 3.8) is 0 Å². The van der Waals surface area contributed by atoms with Gasteiger partial charge in [0.05, 0.1) is 0 Å². The van der Waals surface area contributed by atoms with Crippen molar-refractivity contribution < 1.29 is 22.0 Å².